The van der Waals surface area contributed by atoms with Gasteiger partial charge in [-0.2, -0.15) is 17.7 Å². The third-order valence-electron chi connectivity index (χ3n) is 1.14. The third-order valence-corrected chi connectivity index (χ3v) is 1.14. The summed E-state index contributed by atoms with van der Waals surface area (Å²) in [5, 5.41) is 2.39. The van der Waals surface area contributed by atoms with Crippen molar-refractivity contribution in [1.29, 1.82) is 0 Å². The minimum atomic E-state index is 0. The van der Waals surface area contributed by atoms with Crippen molar-refractivity contribution in [1.82, 2.24) is 0 Å². The standard InChI is InChI=1S/C8H7NO.Mn/c1-7-3-2-4-8(5-7)9-6-10;/h2-3,5H,1H3,(H,9,10);/q-2;+2. The maximum absolute atomic E-state index is 9.83. The molecule has 1 aromatic rings. The minimum absolute atomic E-state index is 0. The second kappa shape index (κ2) is 4.94. The molecule has 0 aliphatic carbocycles. The molecule has 2 nitrogen and oxygen atoms in total. The van der Waals surface area contributed by atoms with E-state index in [-0.39, 0.29) is 17.1 Å². The SMILES string of the molecule is Cc1cc[c-]c(N[C-]=O)c1.[Mn+2]. The van der Waals surface area contributed by atoms with E-state index in [9.17, 15) is 4.79 Å². The van der Waals surface area contributed by atoms with Crippen molar-refractivity contribution >= 4 is 12.1 Å². The predicted octanol–water partition coefficient (Wildman–Crippen LogP) is 1.27. The van der Waals surface area contributed by atoms with E-state index in [2.05, 4.69) is 11.4 Å². The smallest absolute Gasteiger partial charge is 0.511 e. The molecule has 3 heteroatoms. The number of rotatable bonds is 2. The van der Waals surface area contributed by atoms with E-state index >= 15 is 0 Å². The van der Waals surface area contributed by atoms with Crippen molar-refractivity contribution in [3.8, 4) is 0 Å². The molecule has 0 aliphatic heterocycles. The van der Waals surface area contributed by atoms with Crippen molar-refractivity contribution in [3.63, 3.8) is 0 Å². The molecule has 0 fully saturated rings. The Morgan fingerprint density at radius 2 is 2.36 bits per heavy atom. The molecule has 0 saturated heterocycles. The first-order chi connectivity index (χ1) is 4.83. The molecule has 0 heterocycles. The zero-order valence-electron chi connectivity index (χ0n) is 6.02. The molecule has 1 rings (SSSR count). The van der Waals surface area contributed by atoms with Gasteiger partial charge in [0.25, 0.3) is 0 Å². The molecule has 0 aliphatic rings. The van der Waals surface area contributed by atoms with Crippen LogP contribution in [0, 0.1) is 13.0 Å². The summed E-state index contributed by atoms with van der Waals surface area (Å²) in [5.41, 5.74) is 1.76. The Morgan fingerprint density at radius 1 is 1.64 bits per heavy atom. The minimum Gasteiger partial charge on any atom is -0.511 e. The second-order valence-corrected chi connectivity index (χ2v) is 2.01. The van der Waals surface area contributed by atoms with E-state index in [0.717, 1.165) is 5.56 Å². The first kappa shape index (κ1) is 10.2. The zero-order valence-corrected chi connectivity index (χ0v) is 7.20. The van der Waals surface area contributed by atoms with Crippen molar-refractivity contribution in [3.05, 3.63) is 29.8 Å². The van der Waals surface area contributed by atoms with Gasteiger partial charge >= 0.3 is 17.1 Å². The number of carbonyl (C=O) groups excluding carboxylic acids is 1. The fourth-order valence-electron chi connectivity index (χ4n) is 0.707. The summed E-state index contributed by atoms with van der Waals surface area (Å²) in [6.45, 7) is 1.95. The van der Waals surface area contributed by atoms with Crippen LogP contribution in [0.4, 0.5) is 5.69 Å². The summed E-state index contributed by atoms with van der Waals surface area (Å²) in [4.78, 5) is 9.83. The average molecular weight is 188 g/mol. The predicted molar refractivity (Wildman–Crippen MR) is 39.3 cm³/mol. The van der Waals surface area contributed by atoms with E-state index in [1.807, 2.05) is 19.1 Å². The Kier molecular flexibility index (Phi) is 4.58. The molecule has 0 unspecified atom stereocenters. The summed E-state index contributed by atoms with van der Waals surface area (Å²) in [5.74, 6) is 0. The number of nitrogens with one attached hydrogen (secondary N) is 1. The summed E-state index contributed by atoms with van der Waals surface area (Å²) in [6.07, 6.45) is 1.58. The van der Waals surface area contributed by atoms with Crippen molar-refractivity contribution in [2.24, 2.45) is 0 Å². The van der Waals surface area contributed by atoms with Gasteiger partial charge in [-0.25, -0.2) is 11.8 Å². The Labute approximate surface area is 76.5 Å². The maximum Gasteiger partial charge on any atom is 2.00 e. The Hall–Kier alpha value is -0.791. The Balaban J connectivity index is 0.000001000. The zero-order chi connectivity index (χ0) is 7.40. The quantitative estimate of drug-likeness (QED) is 0.422. The molecular weight excluding hydrogens is 181 g/mol. The number of hydrogen-bond donors (Lipinski definition) is 1. The molecule has 1 N–H and O–H groups in total. The van der Waals surface area contributed by atoms with Gasteiger partial charge in [-0.3, -0.25) is 6.07 Å². The van der Waals surface area contributed by atoms with Crippen molar-refractivity contribution in [2.75, 3.05) is 5.32 Å². The largest absolute Gasteiger partial charge is 2.00 e. The monoisotopic (exact) mass is 188 g/mol. The molecule has 57 valence electrons. The second-order valence-electron chi connectivity index (χ2n) is 2.01. The van der Waals surface area contributed by atoms with Gasteiger partial charge in [0.1, 0.15) is 0 Å². The number of aryl methyl sites for hydroxylation is 1. The molecule has 11 heavy (non-hydrogen) atoms. The molecule has 0 spiro atoms. The summed E-state index contributed by atoms with van der Waals surface area (Å²) >= 11 is 0. The molecule has 1 amide bonds. The van der Waals surface area contributed by atoms with Crippen LogP contribution in [0.25, 0.3) is 0 Å². The Bertz CT molecular complexity index is 237. The van der Waals surface area contributed by atoms with E-state index in [1.165, 1.54) is 0 Å². The van der Waals surface area contributed by atoms with Crippen LogP contribution in [0.3, 0.4) is 0 Å². The van der Waals surface area contributed by atoms with Gasteiger partial charge in [0.15, 0.2) is 0 Å². The van der Waals surface area contributed by atoms with Crippen LogP contribution in [-0.2, 0) is 21.9 Å². The van der Waals surface area contributed by atoms with E-state index in [1.54, 1.807) is 12.5 Å². The average Bonchev–Trinajstić information content (AvgIpc) is 1.88. The van der Waals surface area contributed by atoms with Crippen molar-refractivity contribution in [2.45, 2.75) is 6.92 Å². The van der Waals surface area contributed by atoms with Crippen LogP contribution in [0.1, 0.15) is 5.56 Å². The van der Waals surface area contributed by atoms with Crippen LogP contribution in [0.15, 0.2) is 18.2 Å². The van der Waals surface area contributed by atoms with E-state index in [4.69, 9.17) is 0 Å². The molecule has 1 radical (unpaired) electrons. The topological polar surface area (TPSA) is 29.1 Å². The van der Waals surface area contributed by atoms with Crippen LogP contribution in [-0.4, -0.2) is 6.41 Å². The molecule has 0 bridgehead atoms. The van der Waals surface area contributed by atoms with Gasteiger partial charge in [-0.1, -0.05) is 6.92 Å². The first-order valence-electron chi connectivity index (χ1n) is 2.94. The van der Waals surface area contributed by atoms with Crippen molar-refractivity contribution < 1.29 is 21.9 Å². The number of amides is 1. The number of anilines is 1. The van der Waals surface area contributed by atoms with Gasteiger partial charge in [0, 0.05) is 0 Å². The summed E-state index contributed by atoms with van der Waals surface area (Å²) < 4.78 is 0. The summed E-state index contributed by atoms with van der Waals surface area (Å²) in [6, 6.07) is 8.33. The fourth-order valence-corrected chi connectivity index (χ4v) is 0.707. The van der Waals surface area contributed by atoms with Crippen LogP contribution < -0.4 is 5.32 Å². The van der Waals surface area contributed by atoms with Gasteiger partial charge in [0.2, 0.25) is 0 Å². The van der Waals surface area contributed by atoms with Gasteiger partial charge < -0.3 is 10.1 Å². The van der Waals surface area contributed by atoms with Gasteiger partial charge in [0.05, 0.1) is 6.41 Å². The summed E-state index contributed by atoms with van der Waals surface area (Å²) in [7, 11) is 0. The molecule has 1 aromatic carbocycles. The maximum atomic E-state index is 9.83. The normalized spacial score (nSPS) is 8.09. The molecule has 0 atom stereocenters. The number of hydrogen-bond acceptors (Lipinski definition) is 1. The van der Waals surface area contributed by atoms with Gasteiger partial charge in [-0.15, -0.1) is 0 Å². The van der Waals surface area contributed by atoms with Crippen LogP contribution in [0.5, 0.6) is 0 Å². The molecule has 0 aromatic heterocycles. The van der Waals surface area contributed by atoms with E-state index in [0.29, 0.717) is 5.69 Å². The van der Waals surface area contributed by atoms with Crippen LogP contribution >= 0.6 is 0 Å². The van der Waals surface area contributed by atoms with Crippen LogP contribution in [0.2, 0.25) is 0 Å². The van der Waals surface area contributed by atoms with Gasteiger partial charge in [-0.05, 0) is 0 Å². The first-order valence-corrected chi connectivity index (χ1v) is 2.94. The molecular formula is C8H7MnNO. The third kappa shape index (κ3) is 3.21. The molecule has 0 saturated carbocycles. The number of benzene rings is 1. The van der Waals surface area contributed by atoms with E-state index < -0.39 is 0 Å². The fraction of sp³-hybridized carbons (Fsp3) is 0.125. The Morgan fingerprint density at radius 3 is 2.91 bits per heavy atom.